The molecule has 0 bridgehead atoms. The highest BCUT2D eigenvalue weighted by molar-refractivity contribution is 5.44. The van der Waals surface area contributed by atoms with Crippen LogP contribution in [-0.2, 0) is 15.9 Å². The largest absolute Gasteiger partial charge is 0.504 e. The molecule has 2 saturated heterocycles. The van der Waals surface area contributed by atoms with Crippen molar-refractivity contribution in [2.45, 2.75) is 55.8 Å². The number of aromatic hydroxyl groups is 1. The standard InChI is InChI=1S/C26H34O11/c1-33-19-8-13(3-5-17(19)29)7-16-9-15(11-27)25(35-16)14-4-6-18(20(10-14)34-2)36-26-24(32)23(31)22(30)21(12-28)37-26/h3-6,8,10,15-16,21-32H,7,9,11-12H2,1-2H3. The fourth-order valence-corrected chi connectivity index (χ4v) is 4.85. The average molecular weight is 523 g/mol. The van der Waals surface area contributed by atoms with Crippen LogP contribution in [0.3, 0.4) is 0 Å². The first-order valence-electron chi connectivity index (χ1n) is 12.1. The first kappa shape index (κ1) is 27.4. The highest BCUT2D eigenvalue weighted by Crippen LogP contribution is 2.42. The lowest BCUT2D eigenvalue weighted by atomic mass is 9.93. The maximum absolute atomic E-state index is 10.3. The van der Waals surface area contributed by atoms with E-state index >= 15 is 0 Å². The molecule has 37 heavy (non-hydrogen) atoms. The molecular formula is C26H34O11. The fraction of sp³-hybridized carbons (Fsp3) is 0.538. The molecule has 0 aromatic heterocycles. The molecule has 2 aromatic carbocycles. The highest BCUT2D eigenvalue weighted by Gasteiger charge is 2.45. The Bertz CT molecular complexity index is 1050. The number of aliphatic hydroxyl groups is 5. The number of rotatable bonds is 9. The van der Waals surface area contributed by atoms with E-state index in [1.807, 2.05) is 0 Å². The number of hydrogen-bond acceptors (Lipinski definition) is 11. The topological polar surface area (TPSA) is 168 Å². The van der Waals surface area contributed by atoms with E-state index in [0.29, 0.717) is 24.3 Å². The Morgan fingerprint density at radius 1 is 0.838 bits per heavy atom. The second kappa shape index (κ2) is 11.8. The van der Waals surface area contributed by atoms with Crippen LogP contribution in [0.15, 0.2) is 36.4 Å². The summed E-state index contributed by atoms with van der Waals surface area (Å²) in [7, 11) is 2.93. The molecule has 2 aromatic rings. The van der Waals surface area contributed by atoms with Gasteiger partial charge in [-0.05, 0) is 48.2 Å². The van der Waals surface area contributed by atoms with Gasteiger partial charge in [-0.3, -0.25) is 0 Å². The fourth-order valence-electron chi connectivity index (χ4n) is 4.85. The van der Waals surface area contributed by atoms with Gasteiger partial charge in [-0.2, -0.15) is 0 Å². The number of aliphatic hydroxyl groups excluding tert-OH is 5. The zero-order valence-electron chi connectivity index (χ0n) is 20.6. The third-order valence-electron chi connectivity index (χ3n) is 6.88. The quantitative estimate of drug-likeness (QED) is 0.267. The molecule has 0 amide bonds. The first-order valence-corrected chi connectivity index (χ1v) is 12.1. The monoisotopic (exact) mass is 522 g/mol. The zero-order valence-corrected chi connectivity index (χ0v) is 20.6. The van der Waals surface area contributed by atoms with Crippen LogP contribution in [0.5, 0.6) is 23.0 Å². The lowest BCUT2D eigenvalue weighted by Gasteiger charge is -2.39. The molecule has 6 N–H and O–H groups in total. The minimum atomic E-state index is -1.57. The smallest absolute Gasteiger partial charge is 0.229 e. The first-order chi connectivity index (χ1) is 17.8. The van der Waals surface area contributed by atoms with Gasteiger partial charge >= 0.3 is 0 Å². The molecular weight excluding hydrogens is 488 g/mol. The van der Waals surface area contributed by atoms with E-state index in [9.17, 15) is 30.6 Å². The molecule has 0 saturated carbocycles. The SMILES string of the molecule is COc1cc(CC2CC(CO)C(c3ccc(OC4OC(CO)C(O)C(O)C4O)c(OC)c3)O2)ccc1O. The lowest BCUT2D eigenvalue weighted by molar-refractivity contribution is -0.277. The third-order valence-corrected chi connectivity index (χ3v) is 6.88. The number of hydrogen-bond donors (Lipinski definition) is 6. The molecule has 0 spiro atoms. The summed E-state index contributed by atoms with van der Waals surface area (Å²) in [6.45, 7) is -0.647. The molecule has 0 aliphatic carbocycles. The normalized spacial score (nSPS) is 31.8. The molecule has 8 unspecified atom stereocenters. The number of phenolic OH excluding ortho intramolecular Hbond substituents is 1. The Kier molecular flexibility index (Phi) is 8.75. The van der Waals surface area contributed by atoms with Crippen molar-refractivity contribution in [3.63, 3.8) is 0 Å². The maximum atomic E-state index is 10.3. The van der Waals surface area contributed by atoms with Gasteiger partial charge in [0.25, 0.3) is 0 Å². The van der Waals surface area contributed by atoms with Gasteiger partial charge < -0.3 is 54.3 Å². The van der Waals surface area contributed by atoms with Crippen molar-refractivity contribution in [3.05, 3.63) is 47.5 Å². The predicted octanol–water partition coefficient (Wildman–Crippen LogP) is 0.269. The van der Waals surface area contributed by atoms with E-state index in [2.05, 4.69) is 0 Å². The van der Waals surface area contributed by atoms with Crippen LogP contribution in [0.25, 0.3) is 0 Å². The van der Waals surface area contributed by atoms with Gasteiger partial charge in [0.2, 0.25) is 6.29 Å². The molecule has 11 nitrogen and oxygen atoms in total. The Morgan fingerprint density at radius 2 is 1.59 bits per heavy atom. The summed E-state index contributed by atoms with van der Waals surface area (Å²) in [5, 5.41) is 59.6. The van der Waals surface area contributed by atoms with Crippen molar-refractivity contribution in [1.29, 1.82) is 0 Å². The molecule has 8 atom stereocenters. The van der Waals surface area contributed by atoms with Gasteiger partial charge in [0.1, 0.15) is 24.4 Å². The number of methoxy groups -OCH3 is 2. The third kappa shape index (κ3) is 5.78. The van der Waals surface area contributed by atoms with Gasteiger partial charge in [-0.25, -0.2) is 0 Å². The van der Waals surface area contributed by atoms with Crippen LogP contribution in [0.2, 0.25) is 0 Å². The molecule has 2 aliphatic heterocycles. The number of benzene rings is 2. The summed E-state index contributed by atoms with van der Waals surface area (Å²) < 4.78 is 28.1. The summed E-state index contributed by atoms with van der Waals surface area (Å²) in [4.78, 5) is 0. The van der Waals surface area contributed by atoms with Crippen molar-refractivity contribution in [3.8, 4) is 23.0 Å². The summed E-state index contributed by atoms with van der Waals surface area (Å²) in [6.07, 6.45) is -6.46. The summed E-state index contributed by atoms with van der Waals surface area (Å²) >= 11 is 0. The van der Waals surface area contributed by atoms with Gasteiger partial charge in [-0.15, -0.1) is 0 Å². The van der Waals surface area contributed by atoms with Crippen molar-refractivity contribution < 1.29 is 54.3 Å². The van der Waals surface area contributed by atoms with Crippen LogP contribution in [0, 0.1) is 5.92 Å². The van der Waals surface area contributed by atoms with Crippen LogP contribution >= 0.6 is 0 Å². The van der Waals surface area contributed by atoms with Crippen LogP contribution in [-0.4, -0.2) is 94.9 Å². The average Bonchev–Trinajstić information content (AvgIpc) is 3.32. The lowest BCUT2D eigenvalue weighted by Crippen LogP contribution is -2.60. The van der Waals surface area contributed by atoms with Crippen molar-refractivity contribution in [1.82, 2.24) is 0 Å². The van der Waals surface area contributed by atoms with Crippen molar-refractivity contribution >= 4 is 0 Å². The highest BCUT2D eigenvalue weighted by atomic mass is 16.7. The Hall–Kier alpha value is -2.64. The molecule has 2 aliphatic rings. The number of ether oxygens (including phenoxy) is 5. The van der Waals surface area contributed by atoms with E-state index in [1.165, 1.54) is 14.2 Å². The second-order valence-corrected chi connectivity index (χ2v) is 9.29. The predicted molar refractivity (Wildman–Crippen MR) is 129 cm³/mol. The Morgan fingerprint density at radius 3 is 2.27 bits per heavy atom. The van der Waals surface area contributed by atoms with E-state index in [-0.39, 0.29) is 30.1 Å². The van der Waals surface area contributed by atoms with E-state index in [1.54, 1.807) is 36.4 Å². The van der Waals surface area contributed by atoms with Crippen LogP contribution in [0.4, 0.5) is 0 Å². The Labute approximate surface area is 214 Å². The summed E-state index contributed by atoms with van der Waals surface area (Å²) in [5.41, 5.74) is 1.68. The van der Waals surface area contributed by atoms with E-state index < -0.39 is 43.4 Å². The van der Waals surface area contributed by atoms with Gasteiger partial charge in [0.05, 0.1) is 33.0 Å². The second-order valence-electron chi connectivity index (χ2n) is 9.29. The Balaban J connectivity index is 1.49. The van der Waals surface area contributed by atoms with E-state index in [4.69, 9.17) is 23.7 Å². The molecule has 2 heterocycles. The van der Waals surface area contributed by atoms with Gasteiger partial charge in [0.15, 0.2) is 23.0 Å². The molecule has 4 rings (SSSR count). The van der Waals surface area contributed by atoms with Crippen molar-refractivity contribution in [2.75, 3.05) is 27.4 Å². The summed E-state index contributed by atoms with van der Waals surface area (Å²) in [5.74, 6) is 0.794. The zero-order chi connectivity index (χ0) is 26.7. The van der Waals surface area contributed by atoms with Crippen LogP contribution in [0.1, 0.15) is 23.7 Å². The minimum absolute atomic E-state index is 0.0582. The molecule has 2 fully saturated rings. The van der Waals surface area contributed by atoms with Crippen molar-refractivity contribution in [2.24, 2.45) is 5.92 Å². The minimum Gasteiger partial charge on any atom is -0.504 e. The maximum Gasteiger partial charge on any atom is 0.229 e. The molecule has 0 radical (unpaired) electrons. The molecule has 204 valence electrons. The van der Waals surface area contributed by atoms with E-state index in [0.717, 1.165) is 11.1 Å². The van der Waals surface area contributed by atoms with Gasteiger partial charge in [-0.1, -0.05) is 12.1 Å². The number of phenols is 1. The van der Waals surface area contributed by atoms with Gasteiger partial charge in [0, 0.05) is 12.5 Å². The molecule has 11 heteroatoms. The summed E-state index contributed by atoms with van der Waals surface area (Å²) in [6, 6.07) is 10.2. The van der Waals surface area contributed by atoms with Crippen LogP contribution < -0.4 is 14.2 Å².